The van der Waals surface area contributed by atoms with Crippen LogP contribution in [-0.4, -0.2) is 23.3 Å². The summed E-state index contributed by atoms with van der Waals surface area (Å²) in [4.78, 5) is 26.6. The predicted molar refractivity (Wildman–Crippen MR) is 94.4 cm³/mol. The molecule has 2 heterocycles. The van der Waals surface area contributed by atoms with Crippen LogP contribution in [0.15, 0.2) is 53.1 Å². The highest BCUT2D eigenvalue weighted by Crippen LogP contribution is 2.25. The van der Waals surface area contributed by atoms with Gasteiger partial charge >= 0.3 is 0 Å². The number of carbonyl (C=O) groups excluding carboxylic acids is 2. The zero-order valence-corrected chi connectivity index (χ0v) is 14.6. The number of hydrogen-bond acceptors (Lipinski definition) is 3. The Morgan fingerprint density at radius 3 is 2.64 bits per heavy atom. The van der Waals surface area contributed by atoms with Gasteiger partial charge in [-0.15, -0.1) is 0 Å². The Labute approximate surface area is 148 Å². The summed E-state index contributed by atoms with van der Waals surface area (Å²) >= 11 is 0. The monoisotopic (exact) mass is 340 g/mol. The van der Waals surface area contributed by atoms with Gasteiger partial charge in [0, 0.05) is 13.0 Å². The fourth-order valence-electron chi connectivity index (χ4n) is 3.26. The molecule has 1 fully saturated rings. The number of nitrogens with zero attached hydrogens (tertiary/aromatic N) is 1. The van der Waals surface area contributed by atoms with Crippen molar-refractivity contribution in [3.63, 3.8) is 0 Å². The maximum absolute atomic E-state index is 12.7. The van der Waals surface area contributed by atoms with Gasteiger partial charge in [0.15, 0.2) is 0 Å². The van der Waals surface area contributed by atoms with Crippen molar-refractivity contribution in [1.82, 2.24) is 10.2 Å². The van der Waals surface area contributed by atoms with Gasteiger partial charge < -0.3 is 14.6 Å². The molecule has 1 aliphatic rings. The molecule has 5 nitrogen and oxygen atoms in total. The van der Waals surface area contributed by atoms with Crippen LogP contribution in [0.5, 0.6) is 0 Å². The van der Waals surface area contributed by atoms with E-state index in [1.165, 1.54) is 0 Å². The Morgan fingerprint density at radius 2 is 2.00 bits per heavy atom. The Hall–Kier alpha value is -2.56. The molecule has 1 aromatic heterocycles. The third-order valence-electron chi connectivity index (χ3n) is 4.64. The molecular formula is C20H24N2O3. The summed E-state index contributed by atoms with van der Waals surface area (Å²) in [5.41, 5.74) is 1.09. The van der Waals surface area contributed by atoms with E-state index in [9.17, 15) is 9.59 Å². The molecule has 1 N–H and O–H groups in total. The summed E-state index contributed by atoms with van der Waals surface area (Å²) in [6, 6.07) is 13.5. The summed E-state index contributed by atoms with van der Waals surface area (Å²) < 4.78 is 5.30. The van der Waals surface area contributed by atoms with Crippen LogP contribution in [0, 0.1) is 11.8 Å². The van der Waals surface area contributed by atoms with E-state index in [-0.39, 0.29) is 36.1 Å². The fourth-order valence-corrected chi connectivity index (χ4v) is 3.26. The van der Waals surface area contributed by atoms with E-state index >= 15 is 0 Å². The minimum atomic E-state index is -0.313. The summed E-state index contributed by atoms with van der Waals surface area (Å²) in [6.45, 7) is 5.02. The van der Waals surface area contributed by atoms with Gasteiger partial charge in [0.05, 0.1) is 24.8 Å². The zero-order valence-electron chi connectivity index (χ0n) is 14.6. The SMILES string of the molecule is CC(C)C(NC(=O)C1CC(=O)N(Cc2ccco2)C1)c1ccccc1. The van der Waals surface area contributed by atoms with Gasteiger partial charge in [-0.1, -0.05) is 44.2 Å². The van der Waals surface area contributed by atoms with E-state index in [1.807, 2.05) is 36.4 Å². The molecule has 1 saturated heterocycles. The second-order valence-electron chi connectivity index (χ2n) is 6.90. The molecule has 0 bridgehead atoms. The van der Waals surface area contributed by atoms with Crippen LogP contribution in [0.25, 0.3) is 0 Å². The molecular weight excluding hydrogens is 316 g/mol. The maximum atomic E-state index is 12.7. The molecule has 1 aromatic carbocycles. The first kappa shape index (κ1) is 17.3. The average molecular weight is 340 g/mol. The molecule has 0 saturated carbocycles. The van der Waals surface area contributed by atoms with Crippen LogP contribution in [0.2, 0.25) is 0 Å². The molecule has 5 heteroatoms. The number of carbonyl (C=O) groups is 2. The molecule has 25 heavy (non-hydrogen) atoms. The van der Waals surface area contributed by atoms with Gasteiger partial charge in [-0.2, -0.15) is 0 Å². The Balaban J connectivity index is 1.63. The first-order chi connectivity index (χ1) is 12.0. The van der Waals surface area contributed by atoms with Crippen molar-refractivity contribution in [2.24, 2.45) is 11.8 Å². The largest absolute Gasteiger partial charge is 0.467 e. The quantitative estimate of drug-likeness (QED) is 0.879. The van der Waals surface area contributed by atoms with E-state index in [2.05, 4.69) is 19.2 Å². The van der Waals surface area contributed by atoms with Crippen LogP contribution in [0.1, 0.15) is 37.6 Å². The van der Waals surface area contributed by atoms with E-state index in [0.717, 1.165) is 11.3 Å². The van der Waals surface area contributed by atoms with E-state index in [1.54, 1.807) is 17.2 Å². The number of rotatable bonds is 6. The number of nitrogens with one attached hydrogen (secondary N) is 1. The third-order valence-corrected chi connectivity index (χ3v) is 4.64. The number of benzene rings is 1. The topological polar surface area (TPSA) is 62.6 Å². The van der Waals surface area contributed by atoms with Crippen molar-refractivity contribution >= 4 is 11.8 Å². The summed E-state index contributed by atoms with van der Waals surface area (Å²) in [7, 11) is 0. The van der Waals surface area contributed by atoms with Gasteiger partial charge in [0.25, 0.3) is 0 Å². The summed E-state index contributed by atoms with van der Waals surface area (Å²) in [5.74, 6) is 0.629. The van der Waals surface area contributed by atoms with Crippen molar-refractivity contribution in [1.29, 1.82) is 0 Å². The molecule has 0 aliphatic carbocycles. The molecule has 1 aliphatic heterocycles. The Kier molecular flexibility index (Phi) is 5.22. The van der Waals surface area contributed by atoms with Gasteiger partial charge in [-0.05, 0) is 23.6 Å². The van der Waals surface area contributed by atoms with Crippen LogP contribution in [-0.2, 0) is 16.1 Å². The van der Waals surface area contributed by atoms with Crippen molar-refractivity contribution in [2.75, 3.05) is 6.54 Å². The molecule has 132 valence electrons. The minimum absolute atomic E-state index is 0.00245. The summed E-state index contributed by atoms with van der Waals surface area (Å²) in [6.07, 6.45) is 1.85. The highest BCUT2D eigenvalue weighted by atomic mass is 16.3. The molecule has 2 unspecified atom stereocenters. The number of hydrogen-bond donors (Lipinski definition) is 1. The third kappa shape index (κ3) is 4.10. The second-order valence-corrected chi connectivity index (χ2v) is 6.90. The maximum Gasteiger partial charge on any atom is 0.225 e. The highest BCUT2D eigenvalue weighted by Gasteiger charge is 2.35. The molecule has 0 radical (unpaired) electrons. The molecule has 2 amide bonds. The van der Waals surface area contributed by atoms with Gasteiger partial charge in [0.1, 0.15) is 5.76 Å². The molecule has 2 atom stereocenters. The van der Waals surface area contributed by atoms with Crippen molar-refractivity contribution < 1.29 is 14.0 Å². The Morgan fingerprint density at radius 1 is 1.24 bits per heavy atom. The minimum Gasteiger partial charge on any atom is -0.467 e. The van der Waals surface area contributed by atoms with Crippen LogP contribution in [0.4, 0.5) is 0 Å². The van der Waals surface area contributed by atoms with Crippen LogP contribution in [0.3, 0.4) is 0 Å². The number of likely N-dealkylation sites (tertiary alicyclic amines) is 1. The second kappa shape index (κ2) is 7.55. The number of amides is 2. The predicted octanol–water partition coefficient (Wildman–Crippen LogP) is 3.14. The lowest BCUT2D eigenvalue weighted by Gasteiger charge is -2.24. The van der Waals surface area contributed by atoms with Crippen molar-refractivity contribution in [3.8, 4) is 0 Å². The Bertz CT molecular complexity index is 710. The van der Waals surface area contributed by atoms with Crippen molar-refractivity contribution in [3.05, 3.63) is 60.1 Å². The van der Waals surface area contributed by atoms with E-state index in [4.69, 9.17) is 4.42 Å². The van der Waals surface area contributed by atoms with Gasteiger partial charge in [-0.25, -0.2) is 0 Å². The van der Waals surface area contributed by atoms with Gasteiger partial charge in [0.2, 0.25) is 11.8 Å². The lowest BCUT2D eigenvalue weighted by molar-refractivity contribution is -0.129. The van der Waals surface area contributed by atoms with Gasteiger partial charge in [-0.3, -0.25) is 9.59 Å². The first-order valence-electron chi connectivity index (χ1n) is 8.70. The zero-order chi connectivity index (χ0) is 17.8. The smallest absolute Gasteiger partial charge is 0.225 e. The lowest BCUT2D eigenvalue weighted by Crippen LogP contribution is -2.37. The van der Waals surface area contributed by atoms with E-state index in [0.29, 0.717) is 13.1 Å². The summed E-state index contributed by atoms with van der Waals surface area (Å²) in [5, 5.41) is 3.13. The van der Waals surface area contributed by atoms with Crippen LogP contribution >= 0.6 is 0 Å². The normalized spacial score (nSPS) is 18.6. The fraction of sp³-hybridized carbons (Fsp3) is 0.400. The van der Waals surface area contributed by atoms with Crippen molar-refractivity contribution in [2.45, 2.75) is 32.9 Å². The molecule has 3 rings (SSSR count). The molecule has 0 spiro atoms. The van der Waals surface area contributed by atoms with Crippen LogP contribution < -0.4 is 5.32 Å². The van der Waals surface area contributed by atoms with E-state index < -0.39 is 0 Å². The first-order valence-corrected chi connectivity index (χ1v) is 8.70. The average Bonchev–Trinajstić information content (AvgIpc) is 3.24. The highest BCUT2D eigenvalue weighted by molar-refractivity contribution is 5.89. The standard InChI is InChI=1S/C20H24N2O3/c1-14(2)19(15-7-4-3-5-8-15)21-20(24)16-11-18(23)22(12-16)13-17-9-6-10-25-17/h3-10,14,16,19H,11-13H2,1-2H3,(H,21,24). The number of furan rings is 1. The molecule has 2 aromatic rings. The lowest BCUT2D eigenvalue weighted by atomic mass is 9.95.